The van der Waals surface area contributed by atoms with Crippen molar-refractivity contribution in [2.75, 3.05) is 5.32 Å². The van der Waals surface area contributed by atoms with E-state index in [0.29, 0.717) is 16.8 Å². The van der Waals surface area contributed by atoms with Crippen LogP contribution in [0.2, 0.25) is 0 Å². The van der Waals surface area contributed by atoms with E-state index >= 15 is 0 Å². The molecule has 3 aromatic rings. The molecule has 0 spiro atoms. The summed E-state index contributed by atoms with van der Waals surface area (Å²) in [5.41, 5.74) is 2.43. The molecule has 2 aromatic carbocycles. The molecule has 8 nitrogen and oxygen atoms in total. The predicted molar refractivity (Wildman–Crippen MR) is 124 cm³/mol. The van der Waals surface area contributed by atoms with Crippen molar-refractivity contribution in [2.45, 2.75) is 37.2 Å². The number of sulfonamides is 1. The molecule has 1 aromatic heterocycles. The van der Waals surface area contributed by atoms with Gasteiger partial charge in [-0.05, 0) is 67.8 Å². The number of amides is 2. The number of carbonyl (C=O) groups excluding carboxylic acids is 2. The van der Waals surface area contributed by atoms with Crippen LogP contribution in [0.3, 0.4) is 0 Å². The summed E-state index contributed by atoms with van der Waals surface area (Å²) in [4.78, 5) is 29.6. The van der Waals surface area contributed by atoms with Gasteiger partial charge in [0.15, 0.2) is 0 Å². The van der Waals surface area contributed by atoms with Gasteiger partial charge in [-0.3, -0.25) is 14.6 Å². The van der Waals surface area contributed by atoms with Gasteiger partial charge in [-0.25, -0.2) is 13.1 Å². The minimum absolute atomic E-state index is 0.0277. The number of aryl methyl sites for hydroxylation is 1. The molecule has 4 rings (SSSR count). The van der Waals surface area contributed by atoms with Crippen molar-refractivity contribution in [3.05, 3.63) is 89.2 Å². The van der Waals surface area contributed by atoms with Crippen molar-refractivity contribution in [3.63, 3.8) is 0 Å². The Bertz CT molecular complexity index is 1290. The minimum Gasteiger partial charge on any atom is -0.346 e. The van der Waals surface area contributed by atoms with Crippen molar-refractivity contribution >= 4 is 27.5 Å². The summed E-state index contributed by atoms with van der Waals surface area (Å²) in [7, 11) is -3.68. The highest BCUT2D eigenvalue weighted by Gasteiger charge is 2.28. The Morgan fingerprint density at radius 2 is 1.82 bits per heavy atom. The Kier molecular flexibility index (Phi) is 6.52. The predicted octanol–water partition coefficient (Wildman–Crippen LogP) is 3.01. The van der Waals surface area contributed by atoms with Crippen LogP contribution < -0.4 is 15.4 Å². The maximum atomic E-state index is 12.9. The number of hydrogen-bond donors (Lipinski definition) is 3. The molecule has 3 N–H and O–H groups in total. The van der Waals surface area contributed by atoms with Crippen LogP contribution in [0.15, 0.2) is 71.8 Å². The molecular formula is C24H24N4O4S. The number of hydrogen-bond acceptors (Lipinski definition) is 5. The van der Waals surface area contributed by atoms with E-state index in [1.807, 2.05) is 12.1 Å². The van der Waals surface area contributed by atoms with E-state index in [0.717, 1.165) is 18.5 Å². The zero-order valence-electron chi connectivity index (χ0n) is 18.0. The van der Waals surface area contributed by atoms with E-state index in [1.165, 1.54) is 12.1 Å². The van der Waals surface area contributed by atoms with Crippen LogP contribution in [-0.2, 0) is 16.6 Å². The van der Waals surface area contributed by atoms with Crippen molar-refractivity contribution in [3.8, 4) is 0 Å². The molecule has 170 valence electrons. The van der Waals surface area contributed by atoms with E-state index in [4.69, 9.17) is 0 Å². The number of benzene rings is 2. The van der Waals surface area contributed by atoms with E-state index in [-0.39, 0.29) is 29.0 Å². The maximum absolute atomic E-state index is 12.9. The summed E-state index contributed by atoms with van der Waals surface area (Å²) in [6.07, 6.45) is 3.30. The SMILES string of the molecule is Cc1ccc(S(=O)(=O)NC2CC2)cc1C(=O)Nc1cccc(C(=O)NCc2ccccn2)c1. The molecule has 1 saturated carbocycles. The van der Waals surface area contributed by atoms with Gasteiger partial charge in [0.2, 0.25) is 10.0 Å². The third kappa shape index (κ3) is 5.82. The first-order chi connectivity index (χ1) is 15.8. The summed E-state index contributed by atoms with van der Waals surface area (Å²) in [5, 5.41) is 5.55. The maximum Gasteiger partial charge on any atom is 0.255 e. The number of nitrogens with zero attached hydrogens (tertiary/aromatic N) is 1. The van der Waals surface area contributed by atoms with Gasteiger partial charge in [0, 0.05) is 29.1 Å². The third-order valence-corrected chi connectivity index (χ3v) is 6.72. The number of pyridine rings is 1. The highest BCUT2D eigenvalue weighted by Crippen LogP contribution is 2.24. The van der Waals surface area contributed by atoms with Gasteiger partial charge < -0.3 is 10.6 Å². The molecule has 9 heteroatoms. The lowest BCUT2D eigenvalue weighted by Crippen LogP contribution is -2.26. The molecule has 1 aliphatic rings. The molecule has 0 unspecified atom stereocenters. The molecule has 0 saturated heterocycles. The fourth-order valence-corrected chi connectivity index (χ4v) is 4.54. The normalized spacial score (nSPS) is 13.4. The smallest absolute Gasteiger partial charge is 0.255 e. The lowest BCUT2D eigenvalue weighted by molar-refractivity contribution is 0.0949. The largest absolute Gasteiger partial charge is 0.346 e. The molecule has 33 heavy (non-hydrogen) atoms. The first-order valence-electron chi connectivity index (χ1n) is 10.5. The van der Waals surface area contributed by atoms with Crippen LogP contribution in [-0.4, -0.2) is 31.3 Å². The van der Waals surface area contributed by atoms with E-state index < -0.39 is 15.9 Å². The van der Waals surface area contributed by atoms with Gasteiger partial charge in [-0.1, -0.05) is 18.2 Å². The number of rotatable bonds is 8. The minimum atomic E-state index is -3.68. The van der Waals surface area contributed by atoms with E-state index in [2.05, 4.69) is 20.3 Å². The zero-order chi connectivity index (χ0) is 23.4. The van der Waals surface area contributed by atoms with Crippen LogP contribution in [0, 0.1) is 6.92 Å². The summed E-state index contributed by atoms with van der Waals surface area (Å²) >= 11 is 0. The van der Waals surface area contributed by atoms with Crippen LogP contribution in [0.4, 0.5) is 5.69 Å². The third-order valence-electron chi connectivity index (χ3n) is 5.20. The molecule has 1 aliphatic carbocycles. The van der Waals surface area contributed by atoms with Gasteiger partial charge in [0.25, 0.3) is 11.8 Å². The molecule has 0 aliphatic heterocycles. The Balaban J connectivity index is 1.46. The van der Waals surface area contributed by atoms with Crippen molar-refractivity contribution < 1.29 is 18.0 Å². The second-order valence-electron chi connectivity index (χ2n) is 7.91. The molecule has 0 atom stereocenters. The van der Waals surface area contributed by atoms with Gasteiger partial charge >= 0.3 is 0 Å². The number of nitrogens with one attached hydrogen (secondary N) is 3. The highest BCUT2D eigenvalue weighted by atomic mass is 32.2. The van der Waals surface area contributed by atoms with Crippen LogP contribution in [0.1, 0.15) is 44.8 Å². The molecule has 0 radical (unpaired) electrons. The van der Waals surface area contributed by atoms with Crippen LogP contribution in [0.25, 0.3) is 0 Å². The Morgan fingerprint density at radius 1 is 1.00 bits per heavy atom. The molecule has 1 fully saturated rings. The van der Waals surface area contributed by atoms with Crippen molar-refractivity contribution in [1.29, 1.82) is 0 Å². The fraction of sp³-hybridized carbons (Fsp3) is 0.208. The second kappa shape index (κ2) is 9.51. The van der Waals surface area contributed by atoms with Gasteiger partial charge in [0.1, 0.15) is 0 Å². The number of carbonyl (C=O) groups is 2. The number of anilines is 1. The van der Waals surface area contributed by atoms with Crippen molar-refractivity contribution in [2.24, 2.45) is 0 Å². The van der Waals surface area contributed by atoms with Gasteiger partial charge in [-0.2, -0.15) is 0 Å². The Morgan fingerprint density at radius 3 is 2.55 bits per heavy atom. The average molecular weight is 465 g/mol. The Hall–Kier alpha value is -3.56. The lowest BCUT2D eigenvalue weighted by Gasteiger charge is -2.12. The van der Waals surface area contributed by atoms with Crippen molar-refractivity contribution in [1.82, 2.24) is 15.0 Å². The molecule has 2 amide bonds. The lowest BCUT2D eigenvalue weighted by atomic mass is 10.1. The highest BCUT2D eigenvalue weighted by molar-refractivity contribution is 7.89. The molecular weight excluding hydrogens is 440 g/mol. The van der Waals surface area contributed by atoms with Gasteiger partial charge in [0.05, 0.1) is 17.1 Å². The standard InChI is InChI=1S/C24H24N4O4S/c1-16-8-11-21(33(31,32)28-18-9-10-18)14-22(16)24(30)27-19-7-4-5-17(13-19)23(29)26-15-20-6-2-3-12-25-20/h2-8,11-14,18,28H,9-10,15H2,1H3,(H,26,29)(H,27,30). The molecule has 1 heterocycles. The fourth-order valence-electron chi connectivity index (χ4n) is 3.21. The second-order valence-corrected chi connectivity index (χ2v) is 9.62. The number of aromatic nitrogens is 1. The summed E-state index contributed by atoms with van der Waals surface area (Å²) in [6, 6.07) is 16.4. The summed E-state index contributed by atoms with van der Waals surface area (Å²) < 4.78 is 27.7. The topological polar surface area (TPSA) is 117 Å². The average Bonchev–Trinajstić information content (AvgIpc) is 3.61. The summed E-state index contributed by atoms with van der Waals surface area (Å²) in [5.74, 6) is -0.755. The first kappa shape index (κ1) is 22.6. The summed E-state index contributed by atoms with van der Waals surface area (Å²) in [6.45, 7) is 2.02. The van der Waals surface area contributed by atoms with E-state index in [9.17, 15) is 18.0 Å². The van der Waals surface area contributed by atoms with Crippen LogP contribution in [0.5, 0.6) is 0 Å². The monoisotopic (exact) mass is 464 g/mol. The molecule has 0 bridgehead atoms. The van der Waals surface area contributed by atoms with Crippen LogP contribution >= 0.6 is 0 Å². The quantitative estimate of drug-likeness (QED) is 0.474. The first-order valence-corrected chi connectivity index (χ1v) is 12.0. The zero-order valence-corrected chi connectivity index (χ0v) is 18.9. The van der Waals surface area contributed by atoms with Gasteiger partial charge in [-0.15, -0.1) is 0 Å². The van der Waals surface area contributed by atoms with E-state index in [1.54, 1.807) is 49.5 Å². The Labute approximate surface area is 192 Å².